The summed E-state index contributed by atoms with van der Waals surface area (Å²) in [5.74, 6) is 1.56. The van der Waals surface area contributed by atoms with Gasteiger partial charge in [-0.2, -0.15) is 13.2 Å². The molecule has 0 fully saturated rings. The van der Waals surface area contributed by atoms with Gasteiger partial charge >= 0.3 is 6.18 Å². The Labute approximate surface area is 162 Å². The summed E-state index contributed by atoms with van der Waals surface area (Å²) >= 11 is 1.66. The van der Waals surface area contributed by atoms with Crippen molar-refractivity contribution in [2.45, 2.75) is 31.0 Å². The van der Waals surface area contributed by atoms with E-state index in [0.717, 1.165) is 28.3 Å². The predicted molar refractivity (Wildman–Crippen MR) is 104 cm³/mol. The van der Waals surface area contributed by atoms with E-state index in [2.05, 4.69) is 6.07 Å². The van der Waals surface area contributed by atoms with Crippen LogP contribution in [0.3, 0.4) is 0 Å². The predicted octanol–water partition coefficient (Wildman–Crippen LogP) is 6.23. The molecule has 1 atom stereocenters. The standard InChI is InChI=1S/C21H23F3O2S/c1-4-26-18(14-27-19-11-12-20(25-3)15(2)13-19)10-7-16-5-8-17(9-6-16)21(22,23)24/h5-13,18H,4,14H2,1-3H3. The number of aryl methyl sites for hydroxylation is 1. The number of alkyl halides is 3. The molecule has 0 spiro atoms. The molecule has 1 unspecified atom stereocenters. The topological polar surface area (TPSA) is 18.5 Å². The SMILES string of the molecule is CCOC(C=Cc1ccc(C(F)(F)F)cc1)CSc1ccc(OC)c(C)c1. The van der Waals surface area contributed by atoms with Gasteiger partial charge in [0.25, 0.3) is 0 Å². The van der Waals surface area contributed by atoms with Crippen LogP contribution in [0.15, 0.2) is 53.4 Å². The van der Waals surface area contributed by atoms with E-state index in [0.29, 0.717) is 17.9 Å². The van der Waals surface area contributed by atoms with Crippen molar-refractivity contribution in [3.8, 4) is 5.75 Å². The molecule has 2 nitrogen and oxygen atoms in total. The first-order valence-electron chi connectivity index (χ1n) is 8.58. The van der Waals surface area contributed by atoms with E-state index in [9.17, 15) is 13.2 Å². The highest BCUT2D eigenvalue weighted by atomic mass is 32.2. The summed E-state index contributed by atoms with van der Waals surface area (Å²) in [4.78, 5) is 1.11. The molecule has 2 rings (SSSR count). The van der Waals surface area contributed by atoms with E-state index in [4.69, 9.17) is 9.47 Å². The molecular formula is C21H23F3O2S. The molecule has 6 heteroatoms. The van der Waals surface area contributed by atoms with Crippen LogP contribution >= 0.6 is 11.8 Å². The molecular weight excluding hydrogens is 373 g/mol. The Balaban J connectivity index is 2.00. The smallest absolute Gasteiger partial charge is 0.416 e. The van der Waals surface area contributed by atoms with Crippen molar-refractivity contribution in [2.24, 2.45) is 0 Å². The normalized spacial score (nSPS) is 13.1. The minimum Gasteiger partial charge on any atom is -0.496 e. The maximum absolute atomic E-state index is 12.6. The van der Waals surface area contributed by atoms with Gasteiger partial charge in [-0.05, 0) is 55.3 Å². The molecule has 27 heavy (non-hydrogen) atoms. The van der Waals surface area contributed by atoms with Crippen LogP contribution in [-0.2, 0) is 10.9 Å². The van der Waals surface area contributed by atoms with Crippen LogP contribution in [-0.4, -0.2) is 25.6 Å². The van der Waals surface area contributed by atoms with Gasteiger partial charge in [-0.25, -0.2) is 0 Å². The van der Waals surface area contributed by atoms with Gasteiger partial charge in [-0.3, -0.25) is 0 Å². The van der Waals surface area contributed by atoms with Gasteiger partial charge in [0.15, 0.2) is 0 Å². The lowest BCUT2D eigenvalue weighted by Crippen LogP contribution is -2.12. The molecule has 146 valence electrons. The molecule has 0 saturated carbocycles. The van der Waals surface area contributed by atoms with Gasteiger partial charge in [0, 0.05) is 17.3 Å². The third-order valence-electron chi connectivity index (χ3n) is 3.90. The highest BCUT2D eigenvalue weighted by molar-refractivity contribution is 7.99. The fraction of sp³-hybridized carbons (Fsp3) is 0.333. The fourth-order valence-electron chi connectivity index (χ4n) is 2.49. The average molecular weight is 396 g/mol. The Morgan fingerprint density at radius 3 is 2.37 bits per heavy atom. The molecule has 2 aromatic carbocycles. The summed E-state index contributed by atoms with van der Waals surface area (Å²) in [5.41, 5.74) is 1.13. The van der Waals surface area contributed by atoms with Gasteiger partial charge in [-0.15, -0.1) is 11.8 Å². The molecule has 0 saturated heterocycles. The van der Waals surface area contributed by atoms with Crippen LogP contribution in [0, 0.1) is 6.92 Å². The summed E-state index contributed by atoms with van der Waals surface area (Å²) < 4.78 is 48.9. The molecule has 0 aliphatic rings. The number of benzene rings is 2. The van der Waals surface area contributed by atoms with E-state index in [-0.39, 0.29) is 6.10 Å². The zero-order valence-corrected chi connectivity index (χ0v) is 16.4. The van der Waals surface area contributed by atoms with Crippen molar-refractivity contribution in [2.75, 3.05) is 19.5 Å². The number of halogens is 3. The minimum atomic E-state index is -4.32. The average Bonchev–Trinajstić information content (AvgIpc) is 2.63. The summed E-state index contributed by atoms with van der Waals surface area (Å²) in [7, 11) is 1.65. The van der Waals surface area contributed by atoms with Crippen molar-refractivity contribution in [3.05, 3.63) is 65.2 Å². The van der Waals surface area contributed by atoms with Crippen LogP contribution in [0.4, 0.5) is 13.2 Å². The number of thioether (sulfide) groups is 1. The molecule has 0 aromatic heterocycles. The Kier molecular flexibility index (Phi) is 7.80. The van der Waals surface area contributed by atoms with Crippen molar-refractivity contribution < 1.29 is 22.6 Å². The van der Waals surface area contributed by atoms with Crippen molar-refractivity contribution in [3.63, 3.8) is 0 Å². The van der Waals surface area contributed by atoms with Crippen LogP contribution in [0.25, 0.3) is 6.08 Å². The lowest BCUT2D eigenvalue weighted by molar-refractivity contribution is -0.137. The highest BCUT2D eigenvalue weighted by Crippen LogP contribution is 2.29. The van der Waals surface area contributed by atoms with E-state index in [1.54, 1.807) is 24.9 Å². The quantitative estimate of drug-likeness (QED) is 0.493. The second-order valence-corrected chi connectivity index (χ2v) is 7.01. The molecule has 2 aromatic rings. The molecule has 0 bridgehead atoms. The molecule has 0 aliphatic heterocycles. The fourth-order valence-corrected chi connectivity index (χ4v) is 3.48. The highest BCUT2D eigenvalue weighted by Gasteiger charge is 2.29. The zero-order chi connectivity index (χ0) is 19.9. The van der Waals surface area contributed by atoms with Crippen LogP contribution in [0.5, 0.6) is 5.75 Å². The number of rotatable bonds is 8. The minimum absolute atomic E-state index is 0.135. The largest absolute Gasteiger partial charge is 0.496 e. The summed E-state index contributed by atoms with van der Waals surface area (Å²) in [6.45, 7) is 4.47. The monoisotopic (exact) mass is 396 g/mol. The Morgan fingerprint density at radius 1 is 1.11 bits per heavy atom. The lowest BCUT2D eigenvalue weighted by atomic mass is 10.1. The maximum Gasteiger partial charge on any atom is 0.416 e. The molecule has 0 heterocycles. The molecule has 0 N–H and O–H groups in total. The van der Waals surface area contributed by atoms with E-state index < -0.39 is 11.7 Å². The van der Waals surface area contributed by atoms with Crippen molar-refractivity contribution in [1.82, 2.24) is 0 Å². The zero-order valence-electron chi connectivity index (χ0n) is 15.5. The van der Waals surface area contributed by atoms with Gasteiger partial charge in [0.1, 0.15) is 5.75 Å². The number of methoxy groups -OCH3 is 1. The first kappa shape index (κ1) is 21.4. The van der Waals surface area contributed by atoms with Gasteiger partial charge in [-0.1, -0.05) is 24.3 Å². The van der Waals surface area contributed by atoms with E-state index >= 15 is 0 Å². The van der Waals surface area contributed by atoms with Crippen LogP contribution in [0.1, 0.15) is 23.6 Å². The first-order valence-corrected chi connectivity index (χ1v) is 9.56. The van der Waals surface area contributed by atoms with Crippen molar-refractivity contribution >= 4 is 17.8 Å². The Bertz CT molecular complexity index is 755. The lowest BCUT2D eigenvalue weighted by Gasteiger charge is -2.13. The van der Waals surface area contributed by atoms with E-state index in [1.807, 2.05) is 32.1 Å². The number of hydrogen-bond acceptors (Lipinski definition) is 3. The van der Waals surface area contributed by atoms with Crippen LogP contribution in [0.2, 0.25) is 0 Å². The van der Waals surface area contributed by atoms with E-state index in [1.165, 1.54) is 12.1 Å². The second-order valence-electron chi connectivity index (χ2n) is 5.92. The summed E-state index contributed by atoms with van der Waals surface area (Å²) in [5, 5.41) is 0. The Morgan fingerprint density at radius 2 is 1.81 bits per heavy atom. The molecule has 0 amide bonds. The van der Waals surface area contributed by atoms with Crippen LogP contribution < -0.4 is 4.74 Å². The molecule has 0 radical (unpaired) electrons. The Hall–Kier alpha value is -1.92. The number of hydrogen-bond donors (Lipinski definition) is 0. The summed E-state index contributed by atoms with van der Waals surface area (Å²) in [6.07, 6.45) is -0.774. The molecule has 0 aliphatic carbocycles. The van der Waals surface area contributed by atoms with Crippen molar-refractivity contribution in [1.29, 1.82) is 0 Å². The number of ether oxygens (including phenoxy) is 2. The van der Waals surface area contributed by atoms with Gasteiger partial charge in [0.2, 0.25) is 0 Å². The first-order chi connectivity index (χ1) is 12.8. The third-order valence-corrected chi connectivity index (χ3v) is 4.99. The maximum atomic E-state index is 12.6. The van der Waals surface area contributed by atoms with Gasteiger partial charge in [0.05, 0.1) is 18.8 Å². The van der Waals surface area contributed by atoms with Gasteiger partial charge < -0.3 is 9.47 Å². The third kappa shape index (κ3) is 6.63. The second kappa shape index (κ2) is 9.85. The summed E-state index contributed by atoms with van der Waals surface area (Å²) in [6, 6.07) is 11.1.